The molecule has 2 N–H and O–H groups in total. The number of aryl methyl sites for hydroxylation is 2. The summed E-state index contributed by atoms with van der Waals surface area (Å²) in [6, 6.07) is 0. The smallest absolute Gasteiger partial charge is 0.246 e. The molecule has 1 aromatic heterocycles. The molecule has 0 spiro atoms. The summed E-state index contributed by atoms with van der Waals surface area (Å²) in [6.45, 7) is 7.12. The SMILES string of the molecule is CCc1nc(NC(=O)C2(CC)CCCN2)sc1C. The summed E-state index contributed by atoms with van der Waals surface area (Å²) in [5.41, 5.74) is 0.701. The predicted octanol–water partition coefficient (Wildman–Crippen LogP) is 2.48. The normalized spacial score (nSPS) is 23.3. The van der Waals surface area contributed by atoms with E-state index >= 15 is 0 Å². The molecular weight excluding hydrogens is 246 g/mol. The van der Waals surface area contributed by atoms with Gasteiger partial charge in [-0.25, -0.2) is 4.98 Å². The fourth-order valence-electron chi connectivity index (χ4n) is 2.49. The minimum atomic E-state index is -0.383. The van der Waals surface area contributed by atoms with Gasteiger partial charge in [-0.15, -0.1) is 11.3 Å². The highest BCUT2D eigenvalue weighted by molar-refractivity contribution is 7.15. The zero-order chi connectivity index (χ0) is 13.2. The van der Waals surface area contributed by atoms with Crippen molar-refractivity contribution in [1.29, 1.82) is 0 Å². The molecule has 0 aliphatic carbocycles. The third-order valence-corrected chi connectivity index (χ3v) is 4.66. The third kappa shape index (κ3) is 2.42. The zero-order valence-electron chi connectivity index (χ0n) is 11.3. The van der Waals surface area contributed by atoms with Crippen LogP contribution < -0.4 is 10.6 Å². The van der Waals surface area contributed by atoms with Crippen molar-refractivity contribution in [1.82, 2.24) is 10.3 Å². The van der Waals surface area contributed by atoms with Gasteiger partial charge in [-0.05, 0) is 39.2 Å². The van der Waals surface area contributed by atoms with Crippen LogP contribution in [0.1, 0.15) is 43.7 Å². The van der Waals surface area contributed by atoms with E-state index in [0.29, 0.717) is 0 Å². The largest absolute Gasteiger partial charge is 0.303 e. The van der Waals surface area contributed by atoms with Crippen molar-refractivity contribution in [2.24, 2.45) is 0 Å². The number of rotatable bonds is 4. The Bertz CT molecular complexity index is 435. The lowest BCUT2D eigenvalue weighted by molar-refractivity contribution is -0.122. The van der Waals surface area contributed by atoms with Crippen LogP contribution >= 0.6 is 11.3 Å². The van der Waals surface area contributed by atoms with Crippen molar-refractivity contribution in [3.63, 3.8) is 0 Å². The molecule has 0 bridgehead atoms. The Labute approximate surface area is 112 Å². The van der Waals surface area contributed by atoms with E-state index in [1.165, 1.54) is 4.88 Å². The van der Waals surface area contributed by atoms with Gasteiger partial charge >= 0.3 is 0 Å². The molecule has 18 heavy (non-hydrogen) atoms. The molecule has 1 unspecified atom stereocenters. The maximum absolute atomic E-state index is 12.4. The highest BCUT2D eigenvalue weighted by atomic mass is 32.1. The van der Waals surface area contributed by atoms with Crippen LogP contribution in [0.4, 0.5) is 5.13 Å². The molecule has 1 aliphatic heterocycles. The lowest BCUT2D eigenvalue weighted by atomic mass is 9.93. The van der Waals surface area contributed by atoms with Crippen LogP contribution in [0.5, 0.6) is 0 Å². The number of aromatic nitrogens is 1. The number of nitrogens with one attached hydrogen (secondary N) is 2. The van der Waals surface area contributed by atoms with Crippen LogP contribution in [0.25, 0.3) is 0 Å². The van der Waals surface area contributed by atoms with Crippen LogP contribution in [0, 0.1) is 6.92 Å². The van der Waals surface area contributed by atoms with Gasteiger partial charge in [-0.3, -0.25) is 4.79 Å². The molecule has 2 rings (SSSR count). The molecule has 0 aromatic carbocycles. The summed E-state index contributed by atoms with van der Waals surface area (Å²) < 4.78 is 0. The lowest BCUT2D eigenvalue weighted by Crippen LogP contribution is -2.50. The molecule has 1 saturated heterocycles. The number of carbonyl (C=O) groups excluding carboxylic acids is 1. The first-order chi connectivity index (χ1) is 8.61. The van der Waals surface area contributed by atoms with Crippen LogP contribution in [0.15, 0.2) is 0 Å². The molecule has 1 fully saturated rings. The van der Waals surface area contributed by atoms with E-state index in [1.54, 1.807) is 11.3 Å². The molecule has 1 amide bonds. The molecule has 1 atom stereocenters. The summed E-state index contributed by atoms with van der Waals surface area (Å²) in [7, 11) is 0. The monoisotopic (exact) mass is 267 g/mol. The van der Waals surface area contributed by atoms with Gasteiger partial charge in [-0.2, -0.15) is 0 Å². The van der Waals surface area contributed by atoms with E-state index in [1.807, 2.05) is 0 Å². The van der Waals surface area contributed by atoms with Gasteiger partial charge in [0.1, 0.15) is 0 Å². The lowest BCUT2D eigenvalue weighted by Gasteiger charge is -2.25. The molecule has 0 saturated carbocycles. The van der Waals surface area contributed by atoms with Crippen molar-refractivity contribution >= 4 is 22.4 Å². The second kappa shape index (κ2) is 5.36. The summed E-state index contributed by atoms with van der Waals surface area (Å²) in [6.07, 6.45) is 3.72. The highest BCUT2D eigenvalue weighted by Gasteiger charge is 2.39. The number of anilines is 1. The average molecular weight is 267 g/mol. The average Bonchev–Trinajstić information content (AvgIpc) is 2.96. The predicted molar refractivity (Wildman–Crippen MR) is 75.1 cm³/mol. The molecule has 4 nitrogen and oxygen atoms in total. The first-order valence-electron chi connectivity index (χ1n) is 6.64. The Balaban J connectivity index is 2.10. The van der Waals surface area contributed by atoms with E-state index in [2.05, 4.69) is 36.4 Å². The number of nitrogens with zero attached hydrogens (tertiary/aromatic N) is 1. The third-order valence-electron chi connectivity index (χ3n) is 3.73. The Morgan fingerprint density at radius 2 is 2.33 bits per heavy atom. The zero-order valence-corrected chi connectivity index (χ0v) is 12.1. The van der Waals surface area contributed by atoms with Crippen molar-refractivity contribution in [2.45, 2.75) is 52.0 Å². The Morgan fingerprint density at radius 3 is 2.83 bits per heavy atom. The minimum absolute atomic E-state index is 0.0684. The first-order valence-corrected chi connectivity index (χ1v) is 7.45. The van der Waals surface area contributed by atoms with Crippen LogP contribution in [-0.2, 0) is 11.2 Å². The van der Waals surface area contributed by atoms with Gasteiger partial charge in [0.25, 0.3) is 0 Å². The number of amides is 1. The Hall–Kier alpha value is -0.940. The molecule has 100 valence electrons. The fourth-order valence-corrected chi connectivity index (χ4v) is 3.39. The molecule has 2 heterocycles. The fraction of sp³-hybridized carbons (Fsp3) is 0.692. The van der Waals surface area contributed by atoms with Gasteiger partial charge in [0.05, 0.1) is 11.2 Å². The Morgan fingerprint density at radius 1 is 1.56 bits per heavy atom. The van der Waals surface area contributed by atoms with E-state index < -0.39 is 0 Å². The second-order valence-corrected chi connectivity index (χ2v) is 6.00. The summed E-state index contributed by atoms with van der Waals surface area (Å²) in [5, 5.41) is 7.05. The standard InChI is InChI=1S/C13H21N3OS/c1-4-10-9(3)18-12(15-10)16-11(17)13(5-2)7-6-8-14-13/h14H,4-8H2,1-3H3,(H,15,16,17). The summed E-state index contributed by atoms with van der Waals surface area (Å²) in [5.74, 6) is 0.0684. The second-order valence-electron chi connectivity index (χ2n) is 4.80. The quantitative estimate of drug-likeness (QED) is 0.881. The van der Waals surface area contributed by atoms with E-state index in [0.717, 1.165) is 43.1 Å². The van der Waals surface area contributed by atoms with Crippen molar-refractivity contribution in [2.75, 3.05) is 11.9 Å². The number of carbonyl (C=O) groups is 1. The molecular formula is C13H21N3OS. The summed E-state index contributed by atoms with van der Waals surface area (Å²) in [4.78, 5) is 18.0. The number of hydrogen-bond acceptors (Lipinski definition) is 4. The maximum atomic E-state index is 12.4. The number of hydrogen-bond donors (Lipinski definition) is 2. The van der Waals surface area contributed by atoms with Crippen molar-refractivity contribution < 1.29 is 4.79 Å². The topological polar surface area (TPSA) is 54.0 Å². The summed E-state index contributed by atoms with van der Waals surface area (Å²) >= 11 is 1.56. The minimum Gasteiger partial charge on any atom is -0.303 e. The highest BCUT2D eigenvalue weighted by Crippen LogP contribution is 2.27. The molecule has 1 aliphatic rings. The number of thiazole rings is 1. The van der Waals surface area contributed by atoms with Gasteiger partial charge in [0, 0.05) is 4.88 Å². The molecule has 5 heteroatoms. The van der Waals surface area contributed by atoms with Gasteiger partial charge in [0.2, 0.25) is 5.91 Å². The van der Waals surface area contributed by atoms with Crippen molar-refractivity contribution in [3.05, 3.63) is 10.6 Å². The first kappa shape index (κ1) is 13.5. The van der Waals surface area contributed by atoms with E-state index in [-0.39, 0.29) is 11.4 Å². The van der Waals surface area contributed by atoms with Crippen LogP contribution in [0.2, 0.25) is 0 Å². The van der Waals surface area contributed by atoms with E-state index in [9.17, 15) is 4.79 Å². The molecule has 1 aromatic rings. The Kier molecular flexibility index (Phi) is 4.02. The van der Waals surface area contributed by atoms with Gasteiger partial charge in [-0.1, -0.05) is 13.8 Å². The van der Waals surface area contributed by atoms with Crippen molar-refractivity contribution in [3.8, 4) is 0 Å². The van der Waals surface area contributed by atoms with Gasteiger partial charge in [0.15, 0.2) is 5.13 Å². The maximum Gasteiger partial charge on any atom is 0.246 e. The van der Waals surface area contributed by atoms with Crippen LogP contribution in [-0.4, -0.2) is 23.0 Å². The van der Waals surface area contributed by atoms with E-state index in [4.69, 9.17) is 0 Å². The van der Waals surface area contributed by atoms with Gasteiger partial charge < -0.3 is 10.6 Å². The van der Waals surface area contributed by atoms with Crippen LogP contribution in [0.3, 0.4) is 0 Å². The molecule has 0 radical (unpaired) electrons.